The average Bonchev–Trinajstić information content (AvgIpc) is 2.32. The number of carboxylic acid groups (broad SMARTS) is 1. The summed E-state index contributed by atoms with van der Waals surface area (Å²) in [5, 5.41) is 9.68. The Morgan fingerprint density at radius 2 is 2.06 bits per heavy atom. The third-order valence-electron chi connectivity index (χ3n) is 2.70. The Morgan fingerprint density at radius 3 is 2.71 bits per heavy atom. The summed E-state index contributed by atoms with van der Waals surface area (Å²) in [7, 11) is 0. The van der Waals surface area contributed by atoms with E-state index >= 15 is 0 Å². The number of hydrogen-bond acceptors (Lipinski definition) is 2. The number of para-hydroxylation sites is 1. The Balaban J connectivity index is 2.87. The van der Waals surface area contributed by atoms with Crippen molar-refractivity contribution in [3.8, 4) is 0 Å². The lowest BCUT2D eigenvalue weighted by Crippen LogP contribution is -2.21. The maximum Gasteiger partial charge on any atom is 0.336 e. The fourth-order valence-electron chi connectivity index (χ4n) is 1.97. The van der Waals surface area contributed by atoms with Crippen molar-refractivity contribution in [2.45, 2.75) is 19.9 Å². The molecule has 1 heterocycles. The first-order valence-corrected chi connectivity index (χ1v) is 5.51. The predicted molar refractivity (Wildman–Crippen MR) is 65.5 cm³/mol. The highest BCUT2D eigenvalue weighted by Crippen LogP contribution is 2.17. The molecule has 1 aromatic carbocycles. The van der Waals surface area contributed by atoms with E-state index in [1.54, 1.807) is 28.8 Å². The van der Waals surface area contributed by atoms with Crippen LogP contribution in [0.5, 0.6) is 0 Å². The molecule has 0 amide bonds. The number of rotatable bonds is 3. The van der Waals surface area contributed by atoms with E-state index in [0.29, 0.717) is 17.4 Å². The van der Waals surface area contributed by atoms with Crippen LogP contribution in [0.15, 0.2) is 35.1 Å². The molecule has 0 aliphatic carbocycles. The van der Waals surface area contributed by atoms with Gasteiger partial charge in [-0.1, -0.05) is 25.1 Å². The fraction of sp³-hybridized carbons (Fsp3) is 0.231. The number of aromatic nitrogens is 1. The van der Waals surface area contributed by atoms with Crippen LogP contribution in [0.25, 0.3) is 10.9 Å². The Hall–Kier alpha value is -2.10. The lowest BCUT2D eigenvalue weighted by atomic mass is 10.1. The molecule has 2 aromatic rings. The van der Waals surface area contributed by atoms with Crippen molar-refractivity contribution in [1.29, 1.82) is 0 Å². The monoisotopic (exact) mass is 231 g/mol. The van der Waals surface area contributed by atoms with Gasteiger partial charge in [-0.15, -0.1) is 0 Å². The number of carboxylic acids is 1. The molecule has 1 aromatic heterocycles. The highest BCUT2D eigenvalue weighted by Gasteiger charge is 2.12. The minimum atomic E-state index is -1.07. The van der Waals surface area contributed by atoms with Gasteiger partial charge in [-0.25, -0.2) is 4.79 Å². The third-order valence-corrected chi connectivity index (χ3v) is 2.70. The summed E-state index contributed by atoms with van der Waals surface area (Å²) in [6.45, 7) is 2.57. The molecular weight excluding hydrogens is 218 g/mol. The Kier molecular flexibility index (Phi) is 2.95. The van der Waals surface area contributed by atoms with Crippen LogP contribution in [-0.2, 0) is 6.54 Å². The van der Waals surface area contributed by atoms with Crippen molar-refractivity contribution in [3.05, 3.63) is 46.2 Å². The van der Waals surface area contributed by atoms with Gasteiger partial charge in [0.2, 0.25) is 0 Å². The number of fused-ring (bicyclic) bond motifs is 1. The molecule has 4 heteroatoms. The van der Waals surface area contributed by atoms with Crippen LogP contribution in [0, 0.1) is 0 Å². The zero-order valence-electron chi connectivity index (χ0n) is 9.51. The summed E-state index contributed by atoms with van der Waals surface area (Å²) in [5.74, 6) is -1.07. The van der Waals surface area contributed by atoms with Crippen LogP contribution in [0.1, 0.15) is 23.7 Å². The van der Waals surface area contributed by atoms with Crippen molar-refractivity contribution >= 4 is 16.9 Å². The second kappa shape index (κ2) is 4.41. The smallest absolute Gasteiger partial charge is 0.336 e. The predicted octanol–water partition coefficient (Wildman–Crippen LogP) is 2.11. The Morgan fingerprint density at radius 1 is 1.35 bits per heavy atom. The standard InChI is InChI=1S/C13H13NO3/c1-2-7-14-11-6-4-3-5-9(11)10(13(16)17)8-12(14)15/h3-6,8H,2,7H2,1H3,(H,16,17). The lowest BCUT2D eigenvalue weighted by molar-refractivity contribution is 0.0698. The number of benzene rings is 1. The van der Waals surface area contributed by atoms with Crippen LogP contribution >= 0.6 is 0 Å². The molecule has 0 unspecified atom stereocenters. The molecule has 0 spiro atoms. The average molecular weight is 231 g/mol. The second-order valence-electron chi connectivity index (χ2n) is 3.87. The number of pyridine rings is 1. The summed E-state index contributed by atoms with van der Waals surface area (Å²) in [5.41, 5.74) is 0.486. The SMILES string of the molecule is CCCn1c(=O)cc(C(=O)O)c2ccccc21. The maximum absolute atomic E-state index is 11.8. The van der Waals surface area contributed by atoms with Gasteiger partial charge in [0.15, 0.2) is 0 Å². The molecule has 1 N–H and O–H groups in total. The minimum Gasteiger partial charge on any atom is -0.478 e. The number of carbonyl (C=O) groups is 1. The van der Waals surface area contributed by atoms with Crippen molar-refractivity contribution in [2.24, 2.45) is 0 Å². The van der Waals surface area contributed by atoms with Crippen LogP contribution in [-0.4, -0.2) is 15.6 Å². The molecule has 2 rings (SSSR count). The van der Waals surface area contributed by atoms with Crippen molar-refractivity contribution in [3.63, 3.8) is 0 Å². The van der Waals surface area contributed by atoms with E-state index in [2.05, 4.69) is 0 Å². The Bertz CT molecular complexity index is 628. The molecule has 0 radical (unpaired) electrons. The summed E-state index contributed by atoms with van der Waals surface area (Å²) < 4.78 is 1.61. The first-order chi connectivity index (χ1) is 8.15. The van der Waals surface area contributed by atoms with Gasteiger partial charge in [0.1, 0.15) is 0 Å². The maximum atomic E-state index is 11.8. The minimum absolute atomic E-state index is 0.0675. The first-order valence-electron chi connectivity index (χ1n) is 5.51. The van der Waals surface area contributed by atoms with Crippen molar-refractivity contribution in [2.75, 3.05) is 0 Å². The molecule has 0 fully saturated rings. The van der Waals surface area contributed by atoms with E-state index in [4.69, 9.17) is 5.11 Å². The van der Waals surface area contributed by atoms with Gasteiger partial charge < -0.3 is 9.67 Å². The Labute approximate surface area is 98.1 Å². The third kappa shape index (κ3) is 1.93. The number of aromatic carboxylic acids is 1. The van der Waals surface area contributed by atoms with Gasteiger partial charge >= 0.3 is 5.97 Å². The summed E-state index contributed by atoms with van der Waals surface area (Å²) in [4.78, 5) is 22.9. The lowest BCUT2D eigenvalue weighted by Gasteiger charge is -2.10. The molecular formula is C13H13NO3. The zero-order chi connectivity index (χ0) is 12.4. The van der Waals surface area contributed by atoms with E-state index in [-0.39, 0.29) is 11.1 Å². The molecule has 0 atom stereocenters. The van der Waals surface area contributed by atoms with Gasteiger partial charge in [-0.2, -0.15) is 0 Å². The van der Waals surface area contributed by atoms with Crippen LogP contribution in [0.3, 0.4) is 0 Å². The first kappa shape index (κ1) is 11.4. The zero-order valence-corrected chi connectivity index (χ0v) is 9.51. The van der Waals surface area contributed by atoms with Gasteiger partial charge in [-0.05, 0) is 12.5 Å². The van der Waals surface area contributed by atoms with Gasteiger partial charge in [-0.3, -0.25) is 4.79 Å². The van der Waals surface area contributed by atoms with Gasteiger partial charge in [0.25, 0.3) is 5.56 Å². The molecule has 0 bridgehead atoms. The van der Waals surface area contributed by atoms with Crippen molar-refractivity contribution < 1.29 is 9.90 Å². The molecule has 88 valence electrons. The van der Waals surface area contributed by atoms with E-state index in [1.165, 1.54) is 6.07 Å². The highest BCUT2D eigenvalue weighted by molar-refractivity contribution is 6.02. The van der Waals surface area contributed by atoms with Crippen LogP contribution < -0.4 is 5.56 Å². The molecule has 0 aliphatic heterocycles. The molecule has 17 heavy (non-hydrogen) atoms. The fourth-order valence-corrected chi connectivity index (χ4v) is 1.97. The quantitative estimate of drug-likeness (QED) is 0.880. The number of nitrogens with zero attached hydrogens (tertiary/aromatic N) is 1. The topological polar surface area (TPSA) is 59.3 Å². The summed E-state index contributed by atoms with van der Waals surface area (Å²) >= 11 is 0. The van der Waals surface area contributed by atoms with E-state index < -0.39 is 5.97 Å². The van der Waals surface area contributed by atoms with E-state index in [9.17, 15) is 9.59 Å². The van der Waals surface area contributed by atoms with E-state index in [1.807, 2.05) is 6.92 Å². The second-order valence-corrected chi connectivity index (χ2v) is 3.87. The summed E-state index contributed by atoms with van der Waals surface area (Å²) in [6, 6.07) is 8.28. The normalized spacial score (nSPS) is 10.6. The van der Waals surface area contributed by atoms with E-state index in [0.717, 1.165) is 6.42 Å². The van der Waals surface area contributed by atoms with Crippen LogP contribution in [0.2, 0.25) is 0 Å². The summed E-state index contributed by atoms with van der Waals surface area (Å²) in [6.07, 6.45) is 0.830. The number of hydrogen-bond donors (Lipinski definition) is 1. The number of aryl methyl sites for hydroxylation is 1. The van der Waals surface area contributed by atoms with Crippen LogP contribution in [0.4, 0.5) is 0 Å². The van der Waals surface area contributed by atoms with Gasteiger partial charge in [0, 0.05) is 18.0 Å². The van der Waals surface area contributed by atoms with Crippen molar-refractivity contribution in [1.82, 2.24) is 4.57 Å². The molecule has 4 nitrogen and oxygen atoms in total. The molecule has 0 saturated heterocycles. The highest BCUT2D eigenvalue weighted by atomic mass is 16.4. The molecule has 0 aliphatic rings. The largest absolute Gasteiger partial charge is 0.478 e. The van der Waals surface area contributed by atoms with Gasteiger partial charge in [0.05, 0.1) is 11.1 Å². The molecule has 0 saturated carbocycles.